The smallest absolute Gasteiger partial charge is 0.270 e. The highest BCUT2D eigenvalue weighted by atomic mass is 32.2. The first kappa shape index (κ1) is 16.5. The summed E-state index contributed by atoms with van der Waals surface area (Å²) in [5, 5.41) is 10.7. The van der Waals surface area contributed by atoms with Crippen LogP contribution >= 0.6 is 0 Å². The zero-order valence-corrected chi connectivity index (χ0v) is 12.1. The molecule has 1 aromatic rings. The number of sulfonamides is 1. The quantitative estimate of drug-likeness (QED) is 0.556. The first-order valence-corrected chi connectivity index (χ1v) is 7.86. The maximum Gasteiger partial charge on any atom is 0.270 e. The Balaban J connectivity index is 2.92. The van der Waals surface area contributed by atoms with Gasteiger partial charge in [-0.2, -0.15) is 0 Å². The van der Waals surface area contributed by atoms with E-state index in [-0.39, 0.29) is 23.2 Å². The molecule has 0 aromatic heterocycles. The van der Waals surface area contributed by atoms with Gasteiger partial charge in [-0.1, -0.05) is 25.8 Å². The average molecular weight is 301 g/mol. The molecule has 20 heavy (non-hydrogen) atoms. The van der Waals surface area contributed by atoms with E-state index in [1.165, 1.54) is 18.2 Å². The van der Waals surface area contributed by atoms with E-state index >= 15 is 0 Å². The topological polar surface area (TPSA) is 115 Å². The lowest BCUT2D eigenvalue weighted by atomic mass is 10.1. The predicted octanol–water partition coefficient (Wildman–Crippen LogP) is 1.39. The van der Waals surface area contributed by atoms with Crippen molar-refractivity contribution in [3.63, 3.8) is 0 Å². The molecule has 0 aliphatic heterocycles. The van der Waals surface area contributed by atoms with Crippen molar-refractivity contribution in [2.45, 2.75) is 37.1 Å². The van der Waals surface area contributed by atoms with Crippen molar-refractivity contribution in [2.75, 3.05) is 6.54 Å². The van der Waals surface area contributed by atoms with Gasteiger partial charge in [0, 0.05) is 24.7 Å². The standard InChI is InChI=1S/C12H19N3O4S/c1-2-3-5-10(9-13)14-20(18,19)12-7-4-6-11(8-12)15(16)17/h4,6-8,10,14H,2-3,5,9,13H2,1H3. The highest BCUT2D eigenvalue weighted by molar-refractivity contribution is 7.89. The molecule has 1 aromatic carbocycles. The summed E-state index contributed by atoms with van der Waals surface area (Å²) < 4.78 is 26.8. The molecule has 0 fully saturated rings. The van der Waals surface area contributed by atoms with Gasteiger partial charge in [0.1, 0.15) is 0 Å². The number of hydrogen-bond donors (Lipinski definition) is 2. The summed E-state index contributed by atoms with van der Waals surface area (Å²) in [5.41, 5.74) is 5.28. The van der Waals surface area contributed by atoms with E-state index in [9.17, 15) is 18.5 Å². The van der Waals surface area contributed by atoms with Gasteiger partial charge >= 0.3 is 0 Å². The lowest BCUT2D eigenvalue weighted by molar-refractivity contribution is -0.385. The summed E-state index contributed by atoms with van der Waals surface area (Å²) in [6, 6.07) is 4.59. The molecule has 1 rings (SSSR count). The molecule has 0 radical (unpaired) electrons. The Labute approximate surface area is 118 Å². The molecular weight excluding hydrogens is 282 g/mol. The molecule has 7 nitrogen and oxygen atoms in total. The Bertz CT molecular complexity index is 560. The molecule has 8 heteroatoms. The van der Waals surface area contributed by atoms with Gasteiger partial charge in [-0.25, -0.2) is 13.1 Å². The SMILES string of the molecule is CCCCC(CN)NS(=O)(=O)c1cccc([N+](=O)[O-])c1. The Morgan fingerprint density at radius 1 is 1.45 bits per heavy atom. The minimum absolute atomic E-state index is 0.123. The molecular formula is C12H19N3O4S. The Hall–Kier alpha value is -1.51. The summed E-state index contributed by atoms with van der Waals surface area (Å²) in [7, 11) is -3.79. The number of unbranched alkanes of at least 4 members (excludes halogenated alkanes) is 1. The minimum atomic E-state index is -3.79. The zero-order valence-electron chi connectivity index (χ0n) is 11.3. The number of rotatable bonds is 8. The first-order valence-electron chi connectivity index (χ1n) is 6.37. The van der Waals surface area contributed by atoms with Crippen LogP contribution in [0.2, 0.25) is 0 Å². The van der Waals surface area contributed by atoms with Crippen molar-refractivity contribution < 1.29 is 13.3 Å². The summed E-state index contributed by atoms with van der Waals surface area (Å²) in [5.74, 6) is 0. The lowest BCUT2D eigenvalue weighted by Gasteiger charge is -2.16. The van der Waals surface area contributed by atoms with Crippen LogP contribution in [0.1, 0.15) is 26.2 Å². The molecule has 0 aliphatic rings. The van der Waals surface area contributed by atoms with Gasteiger partial charge in [-0.05, 0) is 12.5 Å². The van der Waals surface area contributed by atoms with Crippen molar-refractivity contribution in [1.29, 1.82) is 0 Å². The van der Waals surface area contributed by atoms with E-state index in [0.717, 1.165) is 18.9 Å². The first-order chi connectivity index (χ1) is 9.40. The molecule has 112 valence electrons. The van der Waals surface area contributed by atoms with E-state index < -0.39 is 14.9 Å². The van der Waals surface area contributed by atoms with E-state index in [1.54, 1.807) is 0 Å². The van der Waals surface area contributed by atoms with Gasteiger partial charge in [0.15, 0.2) is 0 Å². The largest absolute Gasteiger partial charge is 0.329 e. The van der Waals surface area contributed by atoms with E-state index in [2.05, 4.69) is 4.72 Å². The minimum Gasteiger partial charge on any atom is -0.329 e. The molecule has 0 bridgehead atoms. The third-order valence-corrected chi connectivity index (χ3v) is 4.37. The van der Waals surface area contributed by atoms with Crippen LogP contribution in [-0.2, 0) is 10.0 Å². The van der Waals surface area contributed by atoms with Gasteiger partial charge in [0.25, 0.3) is 5.69 Å². The monoisotopic (exact) mass is 301 g/mol. The van der Waals surface area contributed by atoms with Crippen LogP contribution in [0.25, 0.3) is 0 Å². The Morgan fingerprint density at radius 3 is 2.70 bits per heavy atom. The van der Waals surface area contributed by atoms with Gasteiger partial charge in [-0.15, -0.1) is 0 Å². The van der Waals surface area contributed by atoms with Crippen molar-refractivity contribution in [2.24, 2.45) is 5.73 Å². The number of nitrogens with zero attached hydrogens (tertiary/aromatic N) is 1. The molecule has 3 N–H and O–H groups in total. The van der Waals surface area contributed by atoms with Crippen LogP contribution in [0.5, 0.6) is 0 Å². The Morgan fingerprint density at radius 2 is 2.15 bits per heavy atom. The summed E-state index contributed by atoms with van der Waals surface area (Å²) in [6.45, 7) is 2.19. The normalized spacial score (nSPS) is 13.1. The van der Waals surface area contributed by atoms with Crippen LogP contribution in [0.3, 0.4) is 0 Å². The van der Waals surface area contributed by atoms with Gasteiger partial charge in [0.05, 0.1) is 9.82 Å². The van der Waals surface area contributed by atoms with Crippen LogP contribution in [0.15, 0.2) is 29.2 Å². The maximum absolute atomic E-state index is 12.2. The zero-order chi connectivity index (χ0) is 15.2. The van der Waals surface area contributed by atoms with Crippen molar-refractivity contribution in [1.82, 2.24) is 4.72 Å². The fourth-order valence-corrected chi connectivity index (χ4v) is 3.05. The third-order valence-electron chi connectivity index (χ3n) is 2.85. The molecule has 0 saturated heterocycles. The van der Waals surface area contributed by atoms with Gasteiger partial charge < -0.3 is 5.73 Å². The fourth-order valence-electron chi connectivity index (χ4n) is 1.73. The van der Waals surface area contributed by atoms with Crippen LogP contribution < -0.4 is 10.5 Å². The van der Waals surface area contributed by atoms with Crippen molar-refractivity contribution >= 4 is 15.7 Å². The number of benzene rings is 1. The van der Waals surface area contributed by atoms with Gasteiger partial charge in [0.2, 0.25) is 10.0 Å². The van der Waals surface area contributed by atoms with Crippen LogP contribution in [0.4, 0.5) is 5.69 Å². The van der Waals surface area contributed by atoms with E-state index in [4.69, 9.17) is 5.73 Å². The Kier molecular flexibility index (Phi) is 6.05. The maximum atomic E-state index is 12.2. The third kappa shape index (κ3) is 4.55. The molecule has 0 saturated carbocycles. The molecule has 0 spiro atoms. The summed E-state index contributed by atoms with van der Waals surface area (Å²) in [4.78, 5) is 9.92. The molecule has 0 aliphatic carbocycles. The molecule has 0 heterocycles. The van der Waals surface area contributed by atoms with Crippen molar-refractivity contribution in [3.05, 3.63) is 34.4 Å². The van der Waals surface area contributed by atoms with Crippen LogP contribution in [-0.4, -0.2) is 25.9 Å². The second-order valence-electron chi connectivity index (χ2n) is 4.45. The second-order valence-corrected chi connectivity index (χ2v) is 6.16. The number of non-ortho nitro benzene ring substituents is 1. The van der Waals surface area contributed by atoms with Gasteiger partial charge in [-0.3, -0.25) is 10.1 Å². The number of nitro groups is 1. The fraction of sp³-hybridized carbons (Fsp3) is 0.500. The van der Waals surface area contributed by atoms with Crippen LogP contribution in [0, 0.1) is 10.1 Å². The number of nitrogens with one attached hydrogen (secondary N) is 1. The predicted molar refractivity (Wildman–Crippen MR) is 75.8 cm³/mol. The van der Waals surface area contributed by atoms with E-state index in [1.807, 2.05) is 6.92 Å². The number of nitro benzene ring substituents is 1. The lowest BCUT2D eigenvalue weighted by Crippen LogP contribution is -2.40. The summed E-state index contributed by atoms with van der Waals surface area (Å²) in [6.07, 6.45) is 2.44. The average Bonchev–Trinajstić information content (AvgIpc) is 2.43. The highest BCUT2D eigenvalue weighted by Crippen LogP contribution is 2.17. The molecule has 1 atom stereocenters. The number of hydrogen-bond acceptors (Lipinski definition) is 5. The van der Waals surface area contributed by atoms with E-state index in [0.29, 0.717) is 6.42 Å². The van der Waals surface area contributed by atoms with Crippen molar-refractivity contribution in [3.8, 4) is 0 Å². The highest BCUT2D eigenvalue weighted by Gasteiger charge is 2.21. The summed E-state index contributed by atoms with van der Waals surface area (Å²) >= 11 is 0. The molecule has 0 amide bonds. The second kappa shape index (κ2) is 7.32. The molecule has 1 unspecified atom stereocenters. The number of nitrogens with two attached hydrogens (primary N) is 1.